The molecule has 0 amide bonds. The van der Waals surface area contributed by atoms with Crippen LogP contribution in [-0.4, -0.2) is 19.9 Å². The van der Waals surface area contributed by atoms with Crippen molar-refractivity contribution >= 4 is 88.3 Å². The molecule has 12 nitrogen and oxygen atoms in total. The van der Waals surface area contributed by atoms with Crippen molar-refractivity contribution < 1.29 is 35.9 Å². The van der Waals surface area contributed by atoms with Crippen LogP contribution in [0.3, 0.4) is 0 Å². The van der Waals surface area contributed by atoms with Crippen molar-refractivity contribution in [2.75, 3.05) is 0 Å². The third-order valence-corrected chi connectivity index (χ3v) is 21.5. The molecule has 526 valence electrons. The van der Waals surface area contributed by atoms with E-state index in [1.54, 1.807) is 0 Å². The van der Waals surface area contributed by atoms with E-state index in [2.05, 4.69) is 291 Å². The number of pyridine rings is 8. The van der Waals surface area contributed by atoms with Gasteiger partial charge in [0.2, 0.25) is 45.6 Å². The lowest BCUT2D eigenvalue weighted by Gasteiger charge is -2.20. The van der Waals surface area contributed by atoms with E-state index >= 15 is 0 Å². The molecule has 1 aliphatic carbocycles. The van der Waals surface area contributed by atoms with Gasteiger partial charge in [-0.1, -0.05) is 116 Å². The van der Waals surface area contributed by atoms with Crippen molar-refractivity contribution in [2.45, 2.75) is 159 Å². The normalized spacial score (nSPS) is 12.7. The van der Waals surface area contributed by atoms with Crippen LogP contribution in [0.1, 0.15) is 166 Å². The second kappa shape index (κ2) is 29.2. The summed E-state index contributed by atoms with van der Waals surface area (Å²) < 4.78 is 33.9. The fourth-order valence-corrected chi connectivity index (χ4v) is 15.3. The average Bonchev–Trinajstić information content (AvgIpc) is 1.58. The Bertz CT molecular complexity index is 5780. The SMILES string of the molecule is CCc1ccc(-c2c(C)ccc3c2oc2nc(C(C)C)ccc23)[n+](C)c1.CCc1ccc(-c2c(C)ccc3c2oc2nc(C)ccc23)[n+](C)c1.CCc1ccc(-c2c(C)ccc3c2oc2nc(C)ccc23)[n+](C)c1.Cc1ccc2c(oc3nc(C4CCCCC4)ccc32)c1-c1cc(C(C)C)cc[n+]1C. The van der Waals surface area contributed by atoms with E-state index < -0.39 is 0 Å². The first-order valence-electron chi connectivity index (χ1n) is 37.4. The van der Waals surface area contributed by atoms with Crippen molar-refractivity contribution in [2.24, 2.45) is 28.2 Å². The topological polar surface area (TPSA) is 120 Å². The summed E-state index contributed by atoms with van der Waals surface area (Å²) >= 11 is 0. The van der Waals surface area contributed by atoms with Gasteiger partial charge in [0, 0.05) is 119 Å². The van der Waals surface area contributed by atoms with Gasteiger partial charge in [-0.3, -0.25) is 0 Å². The summed E-state index contributed by atoms with van der Waals surface area (Å²) in [6, 6.07) is 52.0. The van der Waals surface area contributed by atoms with Crippen LogP contribution in [0.2, 0.25) is 0 Å². The quantitative estimate of drug-likeness (QED) is 0.124. The monoisotopic (exact) mass is 1380 g/mol. The standard InChI is InChI=1S/C27H31N2O.C23H25N2O.2C21H21N2O/c1-17(2)20-14-15-29(4)24(16-20)25-18(3)10-11-21-22-12-13-23(19-8-6-5-7-9-19)28-27(22)30-26(21)25;1-6-16-8-12-20(25(5)13-16)21-15(4)7-9-17-18-10-11-19(14(2)3)24-23(18)26-22(17)21;2*1-5-15-8-11-18(23(4)12-15)19-13(2)6-9-16-17-10-7-14(3)22-21(17)24-20(16)19/h10-17,19H,5-9H2,1-4H3;7-14H,6H2,1-5H3;2*6-12H,5H2,1-4H3/q4*+1. The first-order valence-corrected chi connectivity index (χ1v) is 37.4. The minimum atomic E-state index is 0.383. The van der Waals surface area contributed by atoms with E-state index in [0.29, 0.717) is 29.2 Å². The molecule has 12 heterocycles. The molecule has 4 aromatic carbocycles. The van der Waals surface area contributed by atoms with Crippen LogP contribution in [0.4, 0.5) is 0 Å². The number of aryl methyl sites for hydroxylation is 13. The Hall–Kier alpha value is -10.7. The maximum Gasteiger partial charge on any atom is 0.227 e. The van der Waals surface area contributed by atoms with Crippen LogP contribution in [-0.2, 0) is 47.5 Å². The Morgan fingerprint density at radius 2 is 0.712 bits per heavy atom. The molecule has 1 aliphatic rings. The van der Waals surface area contributed by atoms with Crippen molar-refractivity contribution in [1.29, 1.82) is 0 Å². The van der Waals surface area contributed by atoms with Crippen molar-refractivity contribution in [3.63, 3.8) is 0 Å². The second-order valence-corrected chi connectivity index (χ2v) is 29.5. The molecule has 1 saturated carbocycles. The molecule has 1 fully saturated rings. The smallest absolute Gasteiger partial charge is 0.227 e. The van der Waals surface area contributed by atoms with Gasteiger partial charge in [-0.15, -0.1) is 0 Å². The summed E-state index contributed by atoms with van der Waals surface area (Å²) in [5.41, 5.74) is 30.3. The second-order valence-electron chi connectivity index (χ2n) is 29.5. The predicted molar refractivity (Wildman–Crippen MR) is 423 cm³/mol. The minimum Gasteiger partial charge on any atom is -0.437 e. The highest BCUT2D eigenvalue weighted by atomic mass is 16.4. The lowest BCUT2D eigenvalue weighted by molar-refractivity contribution is -0.660. The lowest BCUT2D eigenvalue weighted by Crippen LogP contribution is -2.31. The molecule has 12 aromatic heterocycles. The fourth-order valence-electron chi connectivity index (χ4n) is 15.3. The van der Waals surface area contributed by atoms with Crippen molar-refractivity contribution in [3.8, 4) is 45.0 Å². The van der Waals surface area contributed by atoms with Gasteiger partial charge in [-0.05, 0) is 180 Å². The zero-order chi connectivity index (χ0) is 72.9. The van der Waals surface area contributed by atoms with Crippen LogP contribution < -0.4 is 18.3 Å². The number of fused-ring (bicyclic) bond motifs is 12. The number of aromatic nitrogens is 8. The maximum absolute atomic E-state index is 6.48. The molecular weight excluding hydrogens is 1280 g/mol. The molecule has 0 unspecified atom stereocenters. The van der Waals surface area contributed by atoms with Crippen LogP contribution in [0, 0.1) is 41.5 Å². The van der Waals surface area contributed by atoms with Gasteiger partial charge in [0.1, 0.15) is 28.2 Å². The Morgan fingerprint density at radius 1 is 0.356 bits per heavy atom. The number of rotatable bonds is 10. The van der Waals surface area contributed by atoms with E-state index in [0.717, 1.165) is 147 Å². The molecule has 0 N–H and O–H groups in total. The molecule has 0 atom stereocenters. The molecule has 0 aliphatic heterocycles. The number of hydrogen-bond acceptors (Lipinski definition) is 8. The molecule has 0 spiro atoms. The van der Waals surface area contributed by atoms with Crippen molar-refractivity contribution in [1.82, 2.24) is 19.9 Å². The minimum absolute atomic E-state index is 0.383. The summed E-state index contributed by atoms with van der Waals surface area (Å²) in [7, 11) is 8.40. The molecule has 0 bridgehead atoms. The Labute approximate surface area is 610 Å². The molecular formula is C92H98N8O4+4. The highest BCUT2D eigenvalue weighted by Gasteiger charge is 2.28. The Morgan fingerprint density at radius 3 is 1.09 bits per heavy atom. The largest absolute Gasteiger partial charge is 0.437 e. The van der Waals surface area contributed by atoms with E-state index in [4.69, 9.17) is 27.6 Å². The molecule has 104 heavy (non-hydrogen) atoms. The lowest BCUT2D eigenvalue weighted by atomic mass is 9.86. The highest BCUT2D eigenvalue weighted by molar-refractivity contribution is 6.12. The first-order chi connectivity index (χ1) is 50.2. The Kier molecular flexibility index (Phi) is 19.7. The highest BCUT2D eigenvalue weighted by Crippen LogP contribution is 2.42. The molecule has 16 aromatic rings. The summed E-state index contributed by atoms with van der Waals surface area (Å²) in [5, 5.41) is 8.88. The predicted octanol–water partition coefficient (Wildman–Crippen LogP) is 21.7. The van der Waals surface area contributed by atoms with Crippen LogP contribution in [0.25, 0.3) is 133 Å². The number of furan rings is 4. The zero-order valence-corrected chi connectivity index (χ0v) is 63.8. The van der Waals surface area contributed by atoms with Gasteiger partial charge >= 0.3 is 0 Å². The molecule has 12 heteroatoms. The van der Waals surface area contributed by atoms with Gasteiger partial charge < -0.3 is 17.7 Å². The molecule has 0 radical (unpaired) electrons. The van der Waals surface area contributed by atoms with Crippen LogP contribution in [0.15, 0.2) is 188 Å². The van der Waals surface area contributed by atoms with Gasteiger partial charge in [-0.2, -0.15) is 0 Å². The van der Waals surface area contributed by atoms with Gasteiger partial charge in [0.25, 0.3) is 0 Å². The summed E-state index contributed by atoms with van der Waals surface area (Å²) in [4.78, 5) is 18.9. The van der Waals surface area contributed by atoms with E-state index in [-0.39, 0.29) is 0 Å². The van der Waals surface area contributed by atoms with Crippen LogP contribution in [0.5, 0.6) is 0 Å². The summed E-state index contributed by atoms with van der Waals surface area (Å²) in [6.07, 6.45) is 18.3. The summed E-state index contributed by atoms with van der Waals surface area (Å²) in [5.74, 6) is 1.45. The maximum atomic E-state index is 6.48. The van der Waals surface area contributed by atoms with Gasteiger partial charge in [0.15, 0.2) is 47.1 Å². The van der Waals surface area contributed by atoms with E-state index in [1.807, 2.05) is 26.0 Å². The molecule has 0 saturated heterocycles. The Balaban J connectivity index is 0.000000117. The van der Waals surface area contributed by atoms with Crippen LogP contribution >= 0.6 is 0 Å². The third kappa shape index (κ3) is 13.4. The molecule has 17 rings (SSSR count). The number of nitrogens with zero attached hydrogens (tertiary/aromatic N) is 8. The first kappa shape index (κ1) is 70.3. The third-order valence-electron chi connectivity index (χ3n) is 21.5. The van der Waals surface area contributed by atoms with Gasteiger partial charge in [-0.25, -0.2) is 38.2 Å². The average molecular weight is 1380 g/mol. The fraction of sp³-hybridized carbons (Fsp3) is 0.304. The van der Waals surface area contributed by atoms with E-state index in [1.165, 1.54) is 93.6 Å². The summed E-state index contributed by atoms with van der Waals surface area (Å²) in [6.45, 7) is 27.9. The van der Waals surface area contributed by atoms with Gasteiger partial charge in [0.05, 0.1) is 22.3 Å². The van der Waals surface area contributed by atoms with E-state index in [9.17, 15) is 0 Å². The number of hydrogen-bond donors (Lipinski definition) is 0. The number of benzene rings is 4. The zero-order valence-electron chi connectivity index (χ0n) is 63.8. The van der Waals surface area contributed by atoms with Crippen molar-refractivity contribution in [3.05, 3.63) is 238 Å².